The standard InChI is InChI=1S/C11H12O2S/c12-11(13-7-8-5-6-8)9-3-1-2-4-10(9)14/h1-4,8,14H,5-7H2. The van der Waals surface area contributed by atoms with Crippen LogP contribution in [0.25, 0.3) is 0 Å². The highest BCUT2D eigenvalue weighted by Gasteiger charge is 2.23. The molecule has 1 aromatic carbocycles. The van der Waals surface area contributed by atoms with Crippen LogP contribution in [0.3, 0.4) is 0 Å². The van der Waals surface area contributed by atoms with E-state index < -0.39 is 0 Å². The molecule has 0 radical (unpaired) electrons. The molecule has 74 valence electrons. The molecule has 0 bridgehead atoms. The fourth-order valence-corrected chi connectivity index (χ4v) is 1.45. The Balaban J connectivity index is 1.98. The first-order chi connectivity index (χ1) is 6.77. The number of hydrogen-bond acceptors (Lipinski definition) is 3. The summed E-state index contributed by atoms with van der Waals surface area (Å²) in [6, 6.07) is 7.18. The molecule has 1 saturated carbocycles. The minimum atomic E-state index is -0.262. The SMILES string of the molecule is O=C(OCC1CC1)c1ccccc1S. The van der Waals surface area contributed by atoms with E-state index >= 15 is 0 Å². The van der Waals surface area contributed by atoms with E-state index in [1.54, 1.807) is 12.1 Å². The van der Waals surface area contributed by atoms with Gasteiger partial charge in [0.15, 0.2) is 0 Å². The number of ether oxygens (including phenoxy) is 1. The number of carbonyl (C=O) groups excluding carboxylic acids is 1. The van der Waals surface area contributed by atoms with Crippen LogP contribution in [0.15, 0.2) is 29.2 Å². The van der Waals surface area contributed by atoms with Crippen LogP contribution < -0.4 is 0 Å². The van der Waals surface area contributed by atoms with Crippen molar-refractivity contribution in [2.75, 3.05) is 6.61 Å². The van der Waals surface area contributed by atoms with Gasteiger partial charge in [-0.2, -0.15) is 0 Å². The van der Waals surface area contributed by atoms with Crippen molar-refractivity contribution in [3.63, 3.8) is 0 Å². The molecule has 0 aromatic heterocycles. The molecule has 1 aromatic rings. The average Bonchev–Trinajstić information content (AvgIpc) is 2.98. The molecule has 0 spiro atoms. The van der Waals surface area contributed by atoms with Crippen molar-refractivity contribution in [1.82, 2.24) is 0 Å². The first-order valence-electron chi connectivity index (χ1n) is 4.72. The van der Waals surface area contributed by atoms with Crippen molar-refractivity contribution in [2.45, 2.75) is 17.7 Å². The maximum atomic E-state index is 11.5. The number of hydrogen-bond donors (Lipinski definition) is 1. The molecule has 0 atom stereocenters. The van der Waals surface area contributed by atoms with E-state index in [1.807, 2.05) is 12.1 Å². The third-order valence-electron chi connectivity index (χ3n) is 2.27. The Labute approximate surface area is 88.7 Å². The molecule has 2 rings (SSSR count). The summed E-state index contributed by atoms with van der Waals surface area (Å²) in [4.78, 5) is 12.2. The van der Waals surface area contributed by atoms with E-state index in [9.17, 15) is 4.79 Å². The summed E-state index contributed by atoms with van der Waals surface area (Å²) in [5.74, 6) is 0.341. The minimum Gasteiger partial charge on any atom is -0.462 e. The molecule has 1 aliphatic rings. The molecule has 0 unspecified atom stereocenters. The van der Waals surface area contributed by atoms with Gasteiger partial charge >= 0.3 is 5.97 Å². The van der Waals surface area contributed by atoms with Gasteiger partial charge in [-0.25, -0.2) is 4.79 Å². The molecule has 0 heterocycles. The molecule has 0 aliphatic heterocycles. The van der Waals surface area contributed by atoms with Crippen molar-refractivity contribution in [1.29, 1.82) is 0 Å². The predicted molar refractivity (Wildman–Crippen MR) is 56.7 cm³/mol. The van der Waals surface area contributed by atoms with Gasteiger partial charge in [0.2, 0.25) is 0 Å². The normalized spacial score (nSPS) is 15.2. The topological polar surface area (TPSA) is 26.3 Å². The van der Waals surface area contributed by atoms with Crippen molar-refractivity contribution in [3.8, 4) is 0 Å². The summed E-state index contributed by atoms with van der Waals surface area (Å²) in [6.45, 7) is 0.556. The fraction of sp³-hybridized carbons (Fsp3) is 0.364. The lowest BCUT2D eigenvalue weighted by Gasteiger charge is -2.05. The van der Waals surface area contributed by atoms with Gasteiger partial charge in [0.1, 0.15) is 0 Å². The summed E-state index contributed by atoms with van der Waals surface area (Å²) in [7, 11) is 0. The molecule has 0 saturated heterocycles. The van der Waals surface area contributed by atoms with Crippen molar-refractivity contribution in [2.24, 2.45) is 5.92 Å². The molecule has 3 heteroatoms. The predicted octanol–water partition coefficient (Wildman–Crippen LogP) is 2.54. The van der Waals surface area contributed by atoms with Gasteiger partial charge in [-0.05, 0) is 30.9 Å². The Bertz CT molecular complexity index is 345. The van der Waals surface area contributed by atoms with Crippen molar-refractivity contribution < 1.29 is 9.53 Å². The summed E-state index contributed by atoms with van der Waals surface area (Å²) in [5.41, 5.74) is 0.552. The third-order valence-corrected chi connectivity index (χ3v) is 2.66. The van der Waals surface area contributed by atoms with E-state index in [1.165, 1.54) is 12.8 Å². The molecule has 0 amide bonds. The van der Waals surface area contributed by atoms with Gasteiger partial charge in [-0.15, -0.1) is 12.6 Å². The third kappa shape index (κ3) is 2.29. The number of benzene rings is 1. The van der Waals surface area contributed by atoms with Gasteiger partial charge in [-0.3, -0.25) is 0 Å². The van der Waals surface area contributed by atoms with Crippen LogP contribution in [0, 0.1) is 5.92 Å². The number of thiol groups is 1. The second-order valence-corrected chi connectivity index (χ2v) is 4.04. The second kappa shape index (κ2) is 4.05. The summed E-state index contributed by atoms with van der Waals surface area (Å²) in [6.07, 6.45) is 2.38. The second-order valence-electron chi connectivity index (χ2n) is 3.56. The van der Waals surface area contributed by atoms with Gasteiger partial charge in [0.05, 0.1) is 12.2 Å². The number of carbonyl (C=O) groups is 1. The highest BCUT2D eigenvalue weighted by molar-refractivity contribution is 7.80. The lowest BCUT2D eigenvalue weighted by molar-refractivity contribution is 0.0482. The molecular weight excluding hydrogens is 196 g/mol. The highest BCUT2D eigenvalue weighted by atomic mass is 32.1. The largest absolute Gasteiger partial charge is 0.462 e. The quantitative estimate of drug-likeness (QED) is 0.610. The van der Waals surface area contributed by atoms with Gasteiger partial charge in [-0.1, -0.05) is 12.1 Å². The van der Waals surface area contributed by atoms with Crippen LogP contribution in [0.2, 0.25) is 0 Å². The smallest absolute Gasteiger partial charge is 0.339 e. The maximum Gasteiger partial charge on any atom is 0.339 e. The number of esters is 1. The molecule has 14 heavy (non-hydrogen) atoms. The zero-order valence-electron chi connectivity index (χ0n) is 7.77. The first-order valence-corrected chi connectivity index (χ1v) is 5.17. The van der Waals surface area contributed by atoms with Crippen LogP contribution >= 0.6 is 12.6 Å². The molecule has 2 nitrogen and oxygen atoms in total. The van der Waals surface area contributed by atoms with E-state index in [2.05, 4.69) is 12.6 Å². The van der Waals surface area contributed by atoms with Gasteiger partial charge < -0.3 is 4.74 Å². The Morgan fingerprint density at radius 3 is 2.79 bits per heavy atom. The van der Waals surface area contributed by atoms with Crippen molar-refractivity contribution in [3.05, 3.63) is 29.8 Å². The van der Waals surface area contributed by atoms with Crippen LogP contribution in [0.1, 0.15) is 23.2 Å². The van der Waals surface area contributed by atoms with E-state index in [4.69, 9.17) is 4.74 Å². The zero-order chi connectivity index (χ0) is 9.97. The Morgan fingerprint density at radius 2 is 2.14 bits per heavy atom. The average molecular weight is 208 g/mol. The summed E-state index contributed by atoms with van der Waals surface area (Å²) >= 11 is 4.20. The van der Waals surface area contributed by atoms with E-state index in [0.29, 0.717) is 23.0 Å². The monoisotopic (exact) mass is 208 g/mol. The first kappa shape index (κ1) is 9.59. The Kier molecular flexibility index (Phi) is 2.77. The summed E-state index contributed by atoms with van der Waals surface area (Å²) in [5, 5.41) is 0. The van der Waals surface area contributed by atoms with Crippen LogP contribution in [-0.4, -0.2) is 12.6 Å². The van der Waals surface area contributed by atoms with Gasteiger partial charge in [0.25, 0.3) is 0 Å². The lowest BCUT2D eigenvalue weighted by atomic mass is 10.2. The Hall–Kier alpha value is -0.960. The van der Waals surface area contributed by atoms with Crippen LogP contribution in [0.5, 0.6) is 0 Å². The van der Waals surface area contributed by atoms with Crippen molar-refractivity contribution >= 4 is 18.6 Å². The Morgan fingerprint density at radius 1 is 1.43 bits per heavy atom. The molecule has 1 aliphatic carbocycles. The maximum absolute atomic E-state index is 11.5. The molecular formula is C11H12O2S. The van der Waals surface area contributed by atoms with Gasteiger partial charge in [0, 0.05) is 4.90 Å². The van der Waals surface area contributed by atoms with Crippen LogP contribution in [-0.2, 0) is 4.74 Å². The minimum absolute atomic E-state index is 0.262. The zero-order valence-corrected chi connectivity index (χ0v) is 8.67. The molecule has 0 N–H and O–H groups in total. The highest BCUT2D eigenvalue weighted by Crippen LogP contribution is 2.29. The summed E-state index contributed by atoms with van der Waals surface area (Å²) < 4.78 is 5.14. The molecule has 1 fully saturated rings. The van der Waals surface area contributed by atoms with Crippen LogP contribution in [0.4, 0.5) is 0 Å². The number of rotatable bonds is 3. The van der Waals surface area contributed by atoms with E-state index in [-0.39, 0.29) is 5.97 Å². The fourth-order valence-electron chi connectivity index (χ4n) is 1.20. The van der Waals surface area contributed by atoms with E-state index in [0.717, 1.165) is 0 Å². The lowest BCUT2D eigenvalue weighted by Crippen LogP contribution is -2.08.